The molecule has 168 valence electrons. The summed E-state index contributed by atoms with van der Waals surface area (Å²) in [7, 11) is 0. The van der Waals surface area contributed by atoms with E-state index in [-0.39, 0.29) is 43.0 Å². The van der Waals surface area contributed by atoms with Crippen LogP contribution in [0.15, 0.2) is 53.5 Å². The Morgan fingerprint density at radius 1 is 1.06 bits per heavy atom. The number of carbonyl (C=O) groups excluding carboxylic acids is 1. The van der Waals surface area contributed by atoms with Gasteiger partial charge >= 0.3 is 6.18 Å². The molecule has 0 unspecified atom stereocenters. The van der Waals surface area contributed by atoms with Crippen molar-refractivity contribution < 1.29 is 18.0 Å². The van der Waals surface area contributed by atoms with Crippen LogP contribution >= 0.6 is 24.0 Å². The number of nitrogens with zero attached hydrogens (tertiary/aromatic N) is 2. The number of guanidine groups is 1. The van der Waals surface area contributed by atoms with Crippen LogP contribution in [0.25, 0.3) is 0 Å². The monoisotopic (exact) mass is 546 g/mol. The fourth-order valence-electron chi connectivity index (χ4n) is 3.29. The number of hydrogen-bond acceptors (Lipinski definition) is 2. The van der Waals surface area contributed by atoms with E-state index in [9.17, 15) is 18.0 Å². The number of benzene rings is 2. The van der Waals surface area contributed by atoms with Gasteiger partial charge in [-0.3, -0.25) is 4.79 Å². The van der Waals surface area contributed by atoms with E-state index in [1.54, 1.807) is 0 Å². The number of alkyl halides is 3. The lowest BCUT2D eigenvalue weighted by atomic mass is 10.00. The zero-order valence-electron chi connectivity index (χ0n) is 17.2. The molecular formula is C22H26F3IN4O. The summed E-state index contributed by atoms with van der Waals surface area (Å²) in [5.74, 6) is 0.424. The molecule has 0 fully saturated rings. The van der Waals surface area contributed by atoms with E-state index in [1.807, 2.05) is 30.0 Å². The Morgan fingerprint density at radius 2 is 1.74 bits per heavy atom. The molecule has 0 aromatic heterocycles. The second-order valence-electron chi connectivity index (χ2n) is 7.08. The maximum absolute atomic E-state index is 12.7. The van der Waals surface area contributed by atoms with Gasteiger partial charge in [0, 0.05) is 19.6 Å². The summed E-state index contributed by atoms with van der Waals surface area (Å²) < 4.78 is 38.0. The molecular weight excluding hydrogens is 520 g/mol. The molecule has 31 heavy (non-hydrogen) atoms. The van der Waals surface area contributed by atoms with Gasteiger partial charge in [-0.25, -0.2) is 4.99 Å². The zero-order chi connectivity index (χ0) is 21.6. The minimum absolute atomic E-state index is 0. The molecule has 1 aliphatic heterocycles. The highest BCUT2D eigenvalue weighted by atomic mass is 127. The molecule has 1 heterocycles. The summed E-state index contributed by atoms with van der Waals surface area (Å²) in [6.45, 7) is 4.08. The third-order valence-electron chi connectivity index (χ3n) is 4.94. The topological polar surface area (TPSA) is 56.7 Å². The summed E-state index contributed by atoms with van der Waals surface area (Å²) in [6.07, 6.45) is -3.52. The van der Waals surface area contributed by atoms with E-state index in [0.29, 0.717) is 31.2 Å². The third kappa shape index (κ3) is 7.12. The molecule has 2 aromatic rings. The minimum Gasteiger partial charge on any atom is -0.357 e. The van der Waals surface area contributed by atoms with Crippen LogP contribution in [0.1, 0.15) is 29.2 Å². The quantitative estimate of drug-likeness (QED) is 0.339. The van der Waals surface area contributed by atoms with Gasteiger partial charge in [-0.15, -0.1) is 24.0 Å². The maximum atomic E-state index is 12.7. The van der Waals surface area contributed by atoms with Gasteiger partial charge in [0.05, 0.1) is 18.7 Å². The SMILES string of the molecule is CCNC(=NCc1ccc(C(F)(F)F)cc1)NCC(=O)N1CCc2ccccc2C1.I. The number of amides is 1. The van der Waals surface area contributed by atoms with Crippen LogP contribution in [0.5, 0.6) is 0 Å². The molecule has 2 N–H and O–H groups in total. The molecule has 9 heteroatoms. The van der Waals surface area contributed by atoms with E-state index < -0.39 is 11.7 Å². The van der Waals surface area contributed by atoms with Crippen molar-refractivity contribution in [3.05, 3.63) is 70.8 Å². The number of rotatable bonds is 5. The van der Waals surface area contributed by atoms with Gasteiger partial charge in [-0.2, -0.15) is 13.2 Å². The summed E-state index contributed by atoms with van der Waals surface area (Å²) in [5, 5.41) is 6.07. The van der Waals surface area contributed by atoms with E-state index in [0.717, 1.165) is 18.6 Å². The Bertz CT molecular complexity index is 900. The van der Waals surface area contributed by atoms with Crippen molar-refractivity contribution in [1.29, 1.82) is 0 Å². The van der Waals surface area contributed by atoms with Crippen LogP contribution in [0.4, 0.5) is 13.2 Å². The first-order valence-corrected chi connectivity index (χ1v) is 9.89. The van der Waals surface area contributed by atoms with E-state index in [4.69, 9.17) is 0 Å². The number of aliphatic imine (C=N–C) groups is 1. The Morgan fingerprint density at radius 3 is 2.39 bits per heavy atom. The number of hydrogen-bond donors (Lipinski definition) is 2. The third-order valence-corrected chi connectivity index (χ3v) is 4.94. The lowest BCUT2D eigenvalue weighted by Gasteiger charge is -2.29. The van der Waals surface area contributed by atoms with Crippen LogP contribution in [0.3, 0.4) is 0 Å². The fraction of sp³-hybridized carbons (Fsp3) is 0.364. The molecule has 0 radical (unpaired) electrons. The molecule has 0 saturated heterocycles. The van der Waals surface area contributed by atoms with Gasteiger partial charge in [-0.1, -0.05) is 36.4 Å². The van der Waals surface area contributed by atoms with Crippen LogP contribution < -0.4 is 10.6 Å². The van der Waals surface area contributed by atoms with Gasteiger partial charge < -0.3 is 15.5 Å². The summed E-state index contributed by atoms with van der Waals surface area (Å²) in [4.78, 5) is 18.8. The summed E-state index contributed by atoms with van der Waals surface area (Å²) in [5.41, 5.74) is 2.41. The highest BCUT2D eigenvalue weighted by molar-refractivity contribution is 14.0. The molecule has 0 spiro atoms. The highest BCUT2D eigenvalue weighted by Crippen LogP contribution is 2.29. The van der Waals surface area contributed by atoms with E-state index in [1.165, 1.54) is 23.3 Å². The van der Waals surface area contributed by atoms with Gasteiger partial charge in [0.2, 0.25) is 5.91 Å². The number of fused-ring (bicyclic) bond motifs is 1. The molecule has 1 aliphatic rings. The van der Waals surface area contributed by atoms with Crippen LogP contribution in [-0.2, 0) is 30.5 Å². The summed E-state index contributed by atoms with van der Waals surface area (Å²) >= 11 is 0. The Labute approximate surface area is 197 Å². The highest BCUT2D eigenvalue weighted by Gasteiger charge is 2.29. The lowest BCUT2D eigenvalue weighted by molar-refractivity contribution is -0.137. The Kier molecular flexibility index (Phi) is 9.15. The minimum atomic E-state index is -4.35. The maximum Gasteiger partial charge on any atom is 0.416 e. The van der Waals surface area contributed by atoms with Crippen molar-refractivity contribution >= 4 is 35.8 Å². The molecule has 3 rings (SSSR count). The van der Waals surface area contributed by atoms with Crippen molar-refractivity contribution in [3.8, 4) is 0 Å². The predicted molar refractivity (Wildman–Crippen MR) is 125 cm³/mol. The van der Waals surface area contributed by atoms with Gasteiger partial charge in [0.1, 0.15) is 0 Å². The largest absolute Gasteiger partial charge is 0.416 e. The van der Waals surface area contributed by atoms with E-state index >= 15 is 0 Å². The average molecular weight is 546 g/mol. The Balaban J connectivity index is 0.00000341. The molecule has 1 amide bonds. The van der Waals surface area contributed by atoms with E-state index in [2.05, 4.69) is 21.7 Å². The molecule has 0 atom stereocenters. The molecule has 0 aliphatic carbocycles. The lowest BCUT2D eigenvalue weighted by Crippen LogP contribution is -2.45. The van der Waals surface area contributed by atoms with Gasteiger partial charge in [-0.05, 0) is 42.2 Å². The second kappa shape index (κ2) is 11.4. The number of halogens is 4. The molecule has 2 aromatic carbocycles. The van der Waals surface area contributed by atoms with Crippen molar-refractivity contribution in [3.63, 3.8) is 0 Å². The van der Waals surface area contributed by atoms with Gasteiger partial charge in [0.15, 0.2) is 5.96 Å². The first-order valence-electron chi connectivity index (χ1n) is 9.89. The molecule has 0 bridgehead atoms. The summed E-state index contributed by atoms with van der Waals surface area (Å²) in [6, 6.07) is 13.0. The standard InChI is InChI=1S/C22H25F3N4O.HI/c1-2-26-21(27-13-16-7-9-19(10-8-16)22(23,24)25)28-14-20(30)29-12-11-17-5-3-4-6-18(17)15-29;/h3-10H,2,11-15H2,1H3,(H2,26,27,28);1H. The van der Waals surface area contributed by atoms with Crippen LogP contribution in [-0.4, -0.2) is 36.4 Å². The normalized spacial score (nSPS) is 13.8. The second-order valence-corrected chi connectivity index (χ2v) is 7.08. The van der Waals surface area contributed by atoms with Crippen molar-refractivity contribution in [2.45, 2.75) is 32.6 Å². The Hall–Kier alpha value is -2.30. The number of nitrogens with one attached hydrogen (secondary N) is 2. The van der Waals surface area contributed by atoms with Crippen molar-refractivity contribution in [2.75, 3.05) is 19.6 Å². The average Bonchev–Trinajstić information content (AvgIpc) is 2.74. The first kappa shape index (κ1) is 25.0. The predicted octanol–water partition coefficient (Wildman–Crippen LogP) is 3.96. The molecule has 5 nitrogen and oxygen atoms in total. The van der Waals surface area contributed by atoms with Crippen molar-refractivity contribution in [1.82, 2.24) is 15.5 Å². The fourth-order valence-corrected chi connectivity index (χ4v) is 3.29. The van der Waals surface area contributed by atoms with Crippen LogP contribution in [0, 0.1) is 0 Å². The number of carbonyl (C=O) groups is 1. The van der Waals surface area contributed by atoms with Crippen LogP contribution in [0.2, 0.25) is 0 Å². The molecule has 0 saturated carbocycles. The van der Waals surface area contributed by atoms with Gasteiger partial charge in [0.25, 0.3) is 0 Å². The first-order chi connectivity index (χ1) is 14.4. The zero-order valence-corrected chi connectivity index (χ0v) is 19.5. The smallest absolute Gasteiger partial charge is 0.357 e. The van der Waals surface area contributed by atoms with Crippen molar-refractivity contribution in [2.24, 2.45) is 4.99 Å².